The zero-order valence-electron chi connectivity index (χ0n) is 7.88. The van der Waals surface area contributed by atoms with Gasteiger partial charge in [-0.1, -0.05) is 6.92 Å². The van der Waals surface area contributed by atoms with E-state index in [1.165, 1.54) is 0 Å². The van der Waals surface area contributed by atoms with Crippen LogP contribution in [-0.4, -0.2) is 12.5 Å². The first-order valence-corrected chi connectivity index (χ1v) is 4.60. The Bertz CT molecular complexity index is 241. The van der Waals surface area contributed by atoms with Crippen LogP contribution in [0.4, 0.5) is 0 Å². The number of nitrogens with one attached hydrogen (secondary N) is 1. The highest BCUT2D eigenvalue weighted by atomic mass is 16.3. The molecule has 0 bridgehead atoms. The van der Waals surface area contributed by atoms with Crippen molar-refractivity contribution in [1.29, 1.82) is 0 Å². The van der Waals surface area contributed by atoms with Crippen LogP contribution in [0.25, 0.3) is 0 Å². The van der Waals surface area contributed by atoms with Crippen molar-refractivity contribution in [1.82, 2.24) is 5.32 Å². The summed E-state index contributed by atoms with van der Waals surface area (Å²) in [4.78, 5) is 11.0. The number of hydrogen-bond donors (Lipinski definition) is 1. The van der Waals surface area contributed by atoms with Crippen LogP contribution in [0.5, 0.6) is 0 Å². The van der Waals surface area contributed by atoms with E-state index in [1.54, 1.807) is 12.5 Å². The van der Waals surface area contributed by atoms with Gasteiger partial charge in [-0.15, -0.1) is 0 Å². The van der Waals surface area contributed by atoms with Crippen molar-refractivity contribution in [3.8, 4) is 0 Å². The van der Waals surface area contributed by atoms with Crippen molar-refractivity contribution in [3.63, 3.8) is 0 Å². The van der Waals surface area contributed by atoms with Crippen LogP contribution < -0.4 is 5.32 Å². The summed E-state index contributed by atoms with van der Waals surface area (Å²) in [7, 11) is 0. The summed E-state index contributed by atoms with van der Waals surface area (Å²) in [6, 6.07) is 1.91. The second-order valence-electron chi connectivity index (χ2n) is 2.98. The third kappa shape index (κ3) is 3.78. The average Bonchev–Trinajstić information content (AvgIpc) is 2.57. The second kappa shape index (κ2) is 5.41. The molecule has 0 fully saturated rings. The van der Waals surface area contributed by atoms with E-state index in [4.69, 9.17) is 4.42 Å². The lowest BCUT2D eigenvalue weighted by molar-refractivity contribution is -0.121. The van der Waals surface area contributed by atoms with E-state index in [0.717, 1.165) is 18.4 Å². The fourth-order valence-electron chi connectivity index (χ4n) is 1.10. The van der Waals surface area contributed by atoms with Gasteiger partial charge in [-0.3, -0.25) is 4.79 Å². The van der Waals surface area contributed by atoms with Gasteiger partial charge in [0.05, 0.1) is 12.5 Å². The first-order valence-electron chi connectivity index (χ1n) is 4.60. The van der Waals surface area contributed by atoms with Gasteiger partial charge in [0.15, 0.2) is 0 Å². The summed E-state index contributed by atoms with van der Waals surface area (Å²) in [6.45, 7) is 2.69. The van der Waals surface area contributed by atoms with E-state index in [1.807, 2.05) is 13.0 Å². The standard InChI is InChI=1S/C10H15NO2/c1-2-3-10(12)11-6-4-9-5-7-13-8-9/h5,7-8H,2-4,6H2,1H3,(H,11,12). The van der Waals surface area contributed by atoms with Crippen molar-refractivity contribution >= 4 is 5.91 Å². The van der Waals surface area contributed by atoms with E-state index in [9.17, 15) is 4.79 Å². The molecule has 1 aromatic heterocycles. The molecule has 0 unspecified atom stereocenters. The van der Waals surface area contributed by atoms with Crippen molar-refractivity contribution in [3.05, 3.63) is 24.2 Å². The van der Waals surface area contributed by atoms with Crippen LogP contribution in [0.15, 0.2) is 23.0 Å². The van der Waals surface area contributed by atoms with Crippen LogP contribution in [0.2, 0.25) is 0 Å². The predicted molar refractivity (Wildman–Crippen MR) is 50.3 cm³/mol. The van der Waals surface area contributed by atoms with Gasteiger partial charge < -0.3 is 9.73 Å². The average molecular weight is 181 g/mol. The molecule has 72 valence electrons. The maximum absolute atomic E-state index is 11.0. The lowest BCUT2D eigenvalue weighted by Crippen LogP contribution is -2.24. The Balaban J connectivity index is 2.11. The maximum atomic E-state index is 11.0. The van der Waals surface area contributed by atoms with E-state index < -0.39 is 0 Å². The minimum Gasteiger partial charge on any atom is -0.472 e. The highest BCUT2D eigenvalue weighted by Crippen LogP contribution is 1.99. The summed E-state index contributed by atoms with van der Waals surface area (Å²) in [5.41, 5.74) is 1.12. The molecule has 13 heavy (non-hydrogen) atoms. The van der Waals surface area contributed by atoms with E-state index in [0.29, 0.717) is 13.0 Å². The van der Waals surface area contributed by atoms with Crippen LogP contribution >= 0.6 is 0 Å². The molecule has 0 spiro atoms. The summed E-state index contributed by atoms with van der Waals surface area (Å²) in [5.74, 6) is 0.131. The van der Waals surface area contributed by atoms with Gasteiger partial charge in [-0.25, -0.2) is 0 Å². The van der Waals surface area contributed by atoms with E-state index in [-0.39, 0.29) is 5.91 Å². The van der Waals surface area contributed by atoms with E-state index in [2.05, 4.69) is 5.32 Å². The molecule has 1 rings (SSSR count). The Morgan fingerprint density at radius 3 is 3.08 bits per heavy atom. The molecule has 3 nitrogen and oxygen atoms in total. The van der Waals surface area contributed by atoms with Crippen LogP contribution in [0.3, 0.4) is 0 Å². The molecule has 0 aliphatic carbocycles. The Morgan fingerprint density at radius 2 is 2.46 bits per heavy atom. The maximum Gasteiger partial charge on any atom is 0.219 e. The van der Waals surface area contributed by atoms with Crippen LogP contribution in [-0.2, 0) is 11.2 Å². The normalized spacial score (nSPS) is 9.92. The fourth-order valence-corrected chi connectivity index (χ4v) is 1.10. The Hall–Kier alpha value is -1.25. The molecular weight excluding hydrogens is 166 g/mol. The smallest absolute Gasteiger partial charge is 0.219 e. The Morgan fingerprint density at radius 1 is 1.62 bits per heavy atom. The molecule has 0 saturated heterocycles. The highest BCUT2D eigenvalue weighted by Gasteiger charge is 1.98. The number of amides is 1. The molecule has 0 aliphatic rings. The van der Waals surface area contributed by atoms with Gasteiger partial charge >= 0.3 is 0 Å². The molecular formula is C10H15NO2. The molecule has 3 heteroatoms. The molecule has 1 aromatic rings. The highest BCUT2D eigenvalue weighted by molar-refractivity contribution is 5.75. The summed E-state index contributed by atoms with van der Waals surface area (Å²) >= 11 is 0. The van der Waals surface area contributed by atoms with Crippen LogP contribution in [0, 0.1) is 0 Å². The van der Waals surface area contributed by atoms with Gasteiger partial charge in [0, 0.05) is 13.0 Å². The minimum absolute atomic E-state index is 0.131. The van der Waals surface area contributed by atoms with Crippen molar-refractivity contribution in [2.45, 2.75) is 26.2 Å². The SMILES string of the molecule is CCCC(=O)NCCc1ccoc1. The summed E-state index contributed by atoms with van der Waals surface area (Å²) < 4.78 is 4.91. The van der Waals surface area contributed by atoms with Crippen molar-refractivity contribution in [2.24, 2.45) is 0 Å². The Kier molecular flexibility index (Phi) is 4.09. The topological polar surface area (TPSA) is 42.2 Å². The summed E-state index contributed by atoms with van der Waals surface area (Å²) in [5, 5.41) is 2.84. The lowest BCUT2D eigenvalue weighted by Gasteiger charge is -2.01. The number of carbonyl (C=O) groups is 1. The molecule has 1 heterocycles. The van der Waals surface area contributed by atoms with Gasteiger partial charge in [0.2, 0.25) is 5.91 Å². The van der Waals surface area contributed by atoms with Gasteiger partial charge in [0.25, 0.3) is 0 Å². The first-order chi connectivity index (χ1) is 6.33. The predicted octanol–water partition coefficient (Wildman–Crippen LogP) is 1.74. The molecule has 0 atom stereocenters. The zero-order valence-corrected chi connectivity index (χ0v) is 7.88. The molecule has 1 N–H and O–H groups in total. The van der Waals surface area contributed by atoms with Gasteiger partial charge in [-0.2, -0.15) is 0 Å². The lowest BCUT2D eigenvalue weighted by atomic mass is 10.2. The molecule has 0 aliphatic heterocycles. The fraction of sp³-hybridized carbons (Fsp3) is 0.500. The quantitative estimate of drug-likeness (QED) is 0.751. The van der Waals surface area contributed by atoms with Crippen molar-refractivity contribution in [2.75, 3.05) is 6.54 Å². The number of hydrogen-bond acceptors (Lipinski definition) is 2. The molecule has 0 saturated carbocycles. The Labute approximate surface area is 78.1 Å². The molecule has 1 amide bonds. The monoisotopic (exact) mass is 181 g/mol. The van der Waals surface area contributed by atoms with Crippen molar-refractivity contribution < 1.29 is 9.21 Å². The number of furan rings is 1. The summed E-state index contributed by atoms with van der Waals surface area (Å²) in [6.07, 6.45) is 5.70. The van der Waals surface area contributed by atoms with Gasteiger partial charge in [-0.05, 0) is 24.5 Å². The second-order valence-corrected chi connectivity index (χ2v) is 2.98. The third-order valence-electron chi connectivity index (χ3n) is 1.79. The zero-order chi connectivity index (χ0) is 9.52. The van der Waals surface area contributed by atoms with Gasteiger partial charge in [0.1, 0.15) is 0 Å². The molecule has 0 aromatic carbocycles. The minimum atomic E-state index is 0.131. The molecule has 0 radical (unpaired) electrons. The number of carbonyl (C=O) groups excluding carboxylic acids is 1. The number of rotatable bonds is 5. The van der Waals surface area contributed by atoms with Crippen LogP contribution in [0.1, 0.15) is 25.3 Å². The van der Waals surface area contributed by atoms with E-state index >= 15 is 0 Å². The largest absolute Gasteiger partial charge is 0.472 e. The third-order valence-corrected chi connectivity index (χ3v) is 1.79. The first kappa shape index (κ1) is 9.84.